The summed E-state index contributed by atoms with van der Waals surface area (Å²) in [6, 6.07) is 6.15. The third-order valence-electron chi connectivity index (χ3n) is 3.44. The highest BCUT2D eigenvalue weighted by atomic mass is 16.7. The molecule has 1 saturated carbocycles. The van der Waals surface area contributed by atoms with Gasteiger partial charge in [-0.2, -0.15) is 0 Å². The molecule has 0 bridgehead atoms. The van der Waals surface area contributed by atoms with Crippen LogP contribution in [-0.4, -0.2) is 13.3 Å². The maximum atomic E-state index is 5.67. The Bertz CT molecular complexity index is 385. The third-order valence-corrected chi connectivity index (χ3v) is 3.44. The molecule has 0 spiro atoms. The van der Waals surface area contributed by atoms with Gasteiger partial charge in [0.15, 0.2) is 11.5 Å². The minimum Gasteiger partial charge on any atom is -0.454 e. The van der Waals surface area contributed by atoms with Crippen LogP contribution in [0.5, 0.6) is 11.5 Å². The lowest BCUT2D eigenvalue weighted by atomic mass is 9.91. The summed E-state index contributed by atoms with van der Waals surface area (Å²) in [5.41, 5.74) is 7.25. The first kappa shape index (κ1) is 9.04. The SMILES string of the molecule is NCCC1(c2cccc3c2OCO3)CC1. The van der Waals surface area contributed by atoms with Crippen molar-refractivity contribution >= 4 is 0 Å². The van der Waals surface area contributed by atoms with Gasteiger partial charge in [-0.1, -0.05) is 12.1 Å². The number of hydrogen-bond acceptors (Lipinski definition) is 3. The first-order valence-corrected chi connectivity index (χ1v) is 5.45. The fourth-order valence-corrected chi connectivity index (χ4v) is 2.43. The van der Waals surface area contributed by atoms with E-state index in [1.54, 1.807) is 0 Å². The van der Waals surface area contributed by atoms with Crippen molar-refractivity contribution in [2.75, 3.05) is 13.3 Å². The third kappa shape index (κ3) is 1.30. The number of hydrogen-bond donors (Lipinski definition) is 1. The average Bonchev–Trinajstić information content (AvgIpc) is 2.88. The van der Waals surface area contributed by atoms with Crippen molar-refractivity contribution in [1.82, 2.24) is 0 Å². The zero-order valence-electron chi connectivity index (χ0n) is 8.66. The molecule has 3 nitrogen and oxygen atoms in total. The van der Waals surface area contributed by atoms with Crippen molar-refractivity contribution in [3.8, 4) is 11.5 Å². The predicted octanol–water partition coefficient (Wildman–Crippen LogP) is 1.80. The molecule has 0 atom stereocenters. The highest BCUT2D eigenvalue weighted by Gasteiger charge is 2.46. The van der Waals surface area contributed by atoms with Crippen molar-refractivity contribution in [3.63, 3.8) is 0 Å². The van der Waals surface area contributed by atoms with Crippen LogP contribution in [0.3, 0.4) is 0 Å². The number of benzene rings is 1. The molecule has 1 heterocycles. The molecule has 1 aromatic carbocycles. The van der Waals surface area contributed by atoms with Gasteiger partial charge in [-0.3, -0.25) is 0 Å². The van der Waals surface area contributed by atoms with E-state index in [2.05, 4.69) is 6.07 Å². The van der Waals surface area contributed by atoms with Crippen LogP contribution in [0.15, 0.2) is 18.2 Å². The van der Waals surface area contributed by atoms with Gasteiger partial charge in [0, 0.05) is 11.0 Å². The lowest BCUT2D eigenvalue weighted by molar-refractivity contribution is 0.172. The maximum Gasteiger partial charge on any atom is 0.231 e. The van der Waals surface area contributed by atoms with Crippen molar-refractivity contribution in [1.29, 1.82) is 0 Å². The summed E-state index contributed by atoms with van der Waals surface area (Å²) >= 11 is 0. The molecule has 0 amide bonds. The number of rotatable bonds is 3. The monoisotopic (exact) mass is 205 g/mol. The molecule has 3 rings (SSSR count). The van der Waals surface area contributed by atoms with Gasteiger partial charge in [-0.15, -0.1) is 0 Å². The molecular formula is C12H15NO2. The largest absolute Gasteiger partial charge is 0.454 e. The number of ether oxygens (including phenoxy) is 2. The molecule has 1 aromatic rings. The molecule has 1 aliphatic carbocycles. The molecule has 0 aromatic heterocycles. The van der Waals surface area contributed by atoms with Gasteiger partial charge in [-0.05, 0) is 31.9 Å². The molecule has 1 aliphatic heterocycles. The van der Waals surface area contributed by atoms with Gasteiger partial charge in [0.1, 0.15) is 0 Å². The highest BCUT2D eigenvalue weighted by Crippen LogP contribution is 2.55. The first-order valence-electron chi connectivity index (χ1n) is 5.45. The molecule has 0 saturated heterocycles. The van der Waals surface area contributed by atoms with Crippen LogP contribution in [0.25, 0.3) is 0 Å². The number of fused-ring (bicyclic) bond motifs is 1. The topological polar surface area (TPSA) is 44.5 Å². The van der Waals surface area contributed by atoms with Crippen LogP contribution >= 0.6 is 0 Å². The molecule has 2 aliphatic rings. The van der Waals surface area contributed by atoms with Crippen LogP contribution in [0.4, 0.5) is 0 Å². The Labute approximate surface area is 89.2 Å². The van der Waals surface area contributed by atoms with Crippen LogP contribution in [0.1, 0.15) is 24.8 Å². The fraction of sp³-hybridized carbons (Fsp3) is 0.500. The number of para-hydroxylation sites is 1. The Morgan fingerprint density at radius 1 is 1.27 bits per heavy atom. The summed E-state index contributed by atoms with van der Waals surface area (Å²) in [6.45, 7) is 1.09. The van der Waals surface area contributed by atoms with Crippen molar-refractivity contribution in [2.24, 2.45) is 5.73 Å². The second-order valence-corrected chi connectivity index (χ2v) is 4.36. The molecule has 3 heteroatoms. The van der Waals surface area contributed by atoms with E-state index < -0.39 is 0 Å². The minimum absolute atomic E-state index is 0.286. The van der Waals surface area contributed by atoms with Crippen molar-refractivity contribution in [3.05, 3.63) is 23.8 Å². The average molecular weight is 205 g/mol. The lowest BCUT2D eigenvalue weighted by Crippen LogP contribution is -2.14. The first-order chi connectivity index (χ1) is 7.36. The van der Waals surface area contributed by atoms with Crippen molar-refractivity contribution in [2.45, 2.75) is 24.7 Å². The molecule has 1 fully saturated rings. The van der Waals surface area contributed by atoms with E-state index in [4.69, 9.17) is 15.2 Å². The molecule has 0 radical (unpaired) electrons. The standard InChI is InChI=1S/C12H15NO2/c13-7-6-12(4-5-12)9-2-1-3-10-11(9)15-8-14-10/h1-3H,4-8,13H2. The Balaban J connectivity index is 2.02. The second kappa shape index (κ2) is 3.14. The Kier molecular flexibility index (Phi) is 1.89. The van der Waals surface area contributed by atoms with Gasteiger partial charge < -0.3 is 15.2 Å². The quantitative estimate of drug-likeness (QED) is 0.818. The van der Waals surface area contributed by atoms with Crippen LogP contribution in [0.2, 0.25) is 0 Å². The molecule has 15 heavy (non-hydrogen) atoms. The van der Waals surface area contributed by atoms with Crippen LogP contribution in [-0.2, 0) is 5.41 Å². The van der Waals surface area contributed by atoms with Crippen LogP contribution < -0.4 is 15.2 Å². The summed E-state index contributed by atoms with van der Waals surface area (Å²) < 4.78 is 10.9. The van der Waals surface area contributed by atoms with E-state index in [1.165, 1.54) is 18.4 Å². The number of nitrogens with two attached hydrogens (primary N) is 1. The van der Waals surface area contributed by atoms with E-state index >= 15 is 0 Å². The highest BCUT2D eigenvalue weighted by molar-refractivity contribution is 5.53. The lowest BCUT2D eigenvalue weighted by Gasteiger charge is -2.16. The summed E-state index contributed by atoms with van der Waals surface area (Å²) in [4.78, 5) is 0. The Morgan fingerprint density at radius 2 is 2.13 bits per heavy atom. The van der Waals surface area contributed by atoms with E-state index in [1.807, 2.05) is 12.1 Å². The van der Waals surface area contributed by atoms with E-state index in [0.29, 0.717) is 6.79 Å². The minimum atomic E-state index is 0.286. The van der Waals surface area contributed by atoms with Gasteiger partial charge >= 0.3 is 0 Å². The zero-order valence-corrected chi connectivity index (χ0v) is 8.66. The summed E-state index contributed by atoms with van der Waals surface area (Å²) in [5, 5.41) is 0. The summed E-state index contributed by atoms with van der Waals surface area (Å²) in [5.74, 6) is 1.83. The Hall–Kier alpha value is -1.22. The summed E-state index contributed by atoms with van der Waals surface area (Å²) in [7, 11) is 0. The van der Waals surface area contributed by atoms with Crippen molar-refractivity contribution < 1.29 is 9.47 Å². The van der Waals surface area contributed by atoms with E-state index in [-0.39, 0.29) is 5.41 Å². The smallest absolute Gasteiger partial charge is 0.231 e. The van der Waals surface area contributed by atoms with Gasteiger partial charge in [0.2, 0.25) is 6.79 Å². The summed E-state index contributed by atoms with van der Waals surface area (Å²) in [6.07, 6.45) is 3.50. The normalized spacial score (nSPS) is 20.3. The second-order valence-electron chi connectivity index (χ2n) is 4.36. The molecule has 80 valence electrons. The fourth-order valence-electron chi connectivity index (χ4n) is 2.43. The Morgan fingerprint density at radius 3 is 2.87 bits per heavy atom. The van der Waals surface area contributed by atoms with Crippen LogP contribution in [0, 0.1) is 0 Å². The predicted molar refractivity (Wildman–Crippen MR) is 57.1 cm³/mol. The maximum absolute atomic E-state index is 5.67. The van der Waals surface area contributed by atoms with Gasteiger partial charge in [-0.25, -0.2) is 0 Å². The van der Waals surface area contributed by atoms with E-state index in [9.17, 15) is 0 Å². The molecular weight excluding hydrogens is 190 g/mol. The van der Waals surface area contributed by atoms with E-state index in [0.717, 1.165) is 24.5 Å². The van der Waals surface area contributed by atoms with Gasteiger partial charge in [0.05, 0.1) is 0 Å². The molecule has 2 N–H and O–H groups in total. The zero-order chi connectivity index (χ0) is 10.3. The van der Waals surface area contributed by atoms with Gasteiger partial charge in [0.25, 0.3) is 0 Å². The molecule has 0 unspecified atom stereocenters.